The lowest BCUT2D eigenvalue weighted by Gasteiger charge is -2.07. The molecule has 0 aliphatic heterocycles. The first-order valence-electron chi connectivity index (χ1n) is 6.54. The first-order valence-corrected chi connectivity index (χ1v) is 6.54. The van der Waals surface area contributed by atoms with Crippen LogP contribution in [0.5, 0.6) is 0 Å². The van der Waals surface area contributed by atoms with E-state index in [0.29, 0.717) is 5.57 Å². The van der Waals surface area contributed by atoms with Crippen LogP contribution in [0.2, 0.25) is 0 Å². The minimum atomic E-state index is -0.892. The normalized spacial score (nSPS) is 13.8. The van der Waals surface area contributed by atoms with Gasteiger partial charge in [0.2, 0.25) is 0 Å². The molecule has 0 saturated heterocycles. The monoisotopic (exact) mass is 262 g/mol. The van der Waals surface area contributed by atoms with Crippen molar-refractivity contribution in [3.63, 3.8) is 0 Å². The fraction of sp³-hybridized carbons (Fsp3) is 0.0556. The summed E-state index contributed by atoms with van der Waals surface area (Å²) < 4.78 is 0. The van der Waals surface area contributed by atoms with Gasteiger partial charge in [-0.1, -0.05) is 60.7 Å². The molecule has 2 heteroatoms. The van der Waals surface area contributed by atoms with Crippen LogP contribution in [0.25, 0.3) is 11.6 Å². The number of carbonyl (C=O) groups is 1. The van der Waals surface area contributed by atoms with Crippen LogP contribution in [0, 0.1) is 0 Å². The summed E-state index contributed by atoms with van der Waals surface area (Å²) in [7, 11) is 0. The summed E-state index contributed by atoms with van der Waals surface area (Å²) in [5.41, 5.74) is 4.27. The van der Waals surface area contributed by atoms with Gasteiger partial charge >= 0.3 is 5.97 Å². The molecular weight excluding hydrogens is 248 g/mol. The lowest BCUT2D eigenvalue weighted by molar-refractivity contribution is -0.132. The maximum atomic E-state index is 11.6. The van der Waals surface area contributed by atoms with E-state index < -0.39 is 5.97 Å². The molecule has 2 aromatic rings. The molecule has 3 rings (SSSR count). The lowest BCUT2D eigenvalue weighted by atomic mass is 9.97. The molecule has 0 bridgehead atoms. The second-order valence-corrected chi connectivity index (χ2v) is 4.75. The maximum absolute atomic E-state index is 11.6. The molecule has 2 aromatic carbocycles. The van der Waals surface area contributed by atoms with Crippen molar-refractivity contribution in [3.05, 3.63) is 82.9 Å². The second kappa shape index (κ2) is 5.17. The van der Waals surface area contributed by atoms with Gasteiger partial charge in [0.05, 0.1) is 5.57 Å². The molecule has 0 atom stereocenters. The van der Waals surface area contributed by atoms with Crippen molar-refractivity contribution in [2.24, 2.45) is 0 Å². The van der Waals surface area contributed by atoms with Gasteiger partial charge < -0.3 is 5.11 Å². The van der Waals surface area contributed by atoms with E-state index in [1.54, 1.807) is 6.08 Å². The first-order chi connectivity index (χ1) is 9.75. The van der Waals surface area contributed by atoms with Gasteiger partial charge in [0, 0.05) is 0 Å². The summed E-state index contributed by atoms with van der Waals surface area (Å²) in [6.45, 7) is 0. The molecule has 20 heavy (non-hydrogen) atoms. The fourth-order valence-corrected chi connectivity index (χ4v) is 2.51. The van der Waals surface area contributed by atoms with E-state index in [2.05, 4.69) is 0 Å². The largest absolute Gasteiger partial charge is 0.478 e. The maximum Gasteiger partial charge on any atom is 0.336 e. The number of allylic oxidation sites excluding steroid dienone is 1. The zero-order valence-corrected chi connectivity index (χ0v) is 10.9. The summed E-state index contributed by atoms with van der Waals surface area (Å²) in [6, 6.07) is 17.5. The Hall–Kier alpha value is -2.61. The molecule has 1 aliphatic rings. The average molecular weight is 262 g/mol. The van der Waals surface area contributed by atoms with E-state index in [-0.39, 0.29) is 0 Å². The predicted octanol–water partition coefficient (Wildman–Crippen LogP) is 3.79. The van der Waals surface area contributed by atoms with Crippen molar-refractivity contribution < 1.29 is 9.90 Å². The van der Waals surface area contributed by atoms with Crippen LogP contribution in [0.15, 0.2) is 66.2 Å². The van der Waals surface area contributed by atoms with Crippen LogP contribution in [0.1, 0.15) is 16.7 Å². The number of rotatable bonds is 3. The van der Waals surface area contributed by atoms with E-state index in [9.17, 15) is 9.90 Å². The number of hydrogen-bond acceptors (Lipinski definition) is 1. The van der Waals surface area contributed by atoms with Crippen LogP contribution >= 0.6 is 0 Å². The zero-order valence-electron chi connectivity index (χ0n) is 10.9. The zero-order chi connectivity index (χ0) is 13.9. The molecule has 0 fully saturated rings. The van der Waals surface area contributed by atoms with Gasteiger partial charge in [-0.3, -0.25) is 0 Å². The highest BCUT2D eigenvalue weighted by atomic mass is 16.4. The van der Waals surface area contributed by atoms with Gasteiger partial charge in [0.15, 0.2) is 0 Å². The fourth-order valence-electron chi connectivity index (χ4n) is 2.51. The number of carboxylic acid groups (broad SMARTS) is 1. The number of carboxylic acids is 1. The molecule has 0 radical (unpaired) electrons. The minimum Gasteiger partial charge on any atom is -0.478 e. The van der Waals surface area contributed by atoms with E-state index in [4.69, 9.17) is 0 Å². The highest BCUT2D eigenvalue weighted by molar-refractivity contribution is 6.10. The van der Waals surface area contributed by atoms with E-state index in [1.165, 1.54) is 5.56 Å². The summed E-state index contributed by atoms with van der Waals surface area (Å²) in [4.78, 5) is 11.6. The molecule has 1 N–H and O–H groups in total. The van der Waals surface area contributed by atoms with Crippen molar-refractivity contribution in [3.8, 4) is 0 Å². The quantitative estimate of drug-likeness (QED) is 0.854. The molecule has 2 nitrogen and oxygen atoms in total. The number of benzene rings is 2. The first kappa shape index (κ1) is 12.4. The Bertz CT molecular complexity index is 709. The molecule has 98 valence electrons. The number of fused-ring (bicyclic) bond motifs is 1. The summed E-state index contributed by atoms with van der Waals surface area (Å²) in [5.74, 6) is -0.892. The molecule has 0 saturated carbocycles. The van der Waals surface area contributed by atoms with Crippen LogP contribution in [0.4, 0.5) is 0 Å². The molecule has 0 unspecified atom stereocenters. The Morgan fingerprint density at radius 3 is 2.45 bits per heavy atom. The number of hydrogen-bond donors (Lipinski definition) is 1. The highest BCUT2D eigenvalue weighted by Crippen LogP contribution is 2.33. The van der Waals surface area contributed by atoms with Crippen LogP contribution < -0.4 is 0 Å². The SMILES string of the molecule is O=C(O)C(=Cc1ccccc1)C1=CCc2ccccc21. The van der Waals surface area contributed by atoms with Gasteiger partial charge in [-0.2, -0.15) is 0 Å². The minimum absolute atomic E-state index is 0.348. The van der Waals surface area contributed by atoms with Crippen molar-refractivity contribution >= 4 is 17.6 Å². The van der Waals surface area contributed by atoms with Crippen LogP contribution in [-0.2, 0) is 11.2 Å². The van der Waals surface area contributed by atoms with Crippen LogP contribution in [-0.4, -0.2) is 11.1 Å². The highest BCUT2D eigenvalue weighted by Gasteiger charge is 2.21. The lowest BCUT2D eigenvalue weighted by Crippen LogP contribution is -2.02. The average Bonchev–Trinajstić information content (AvgIpc) is 2.89. The topological polar surface area (TPSA) is 37.3 Å². The predicted molar refractivity (Wildman–Crippen MR) is 80.2 cm³/mol. The van der Waals surface area contributed by atoms with E-state index >= 15 is 0 Å². The summed E-state index contributed by atoms with van der Waals surface area (Å²) >= 11 is 0. The van der Waals surface area contributed by atoms with Crippen LogP contribution in [0.3, 0.4) is 0 Å². The van der Waals surface area contributed by atoms with E-state index in [0.717, 1.165) is 23.1 Å². The Labute approximate surface area is 117 Å². The Balaban J connectivity index is 2.06. The van der Waals surface area contributed by atoms with E-state index in [1.807, 2.05) is 60.7 Å². The van der Waals surface area contributed by atoms with Crippen molar-refractivity contribution in [1.29, 1.82) is 0 Å². The van der Waals surface area contributed by atoms with Crippen molar-refractivity contribution in [2.75, 3.05) is 0 Å². The smallest absolute Gasteiger partial charge is 0.336 e. The molecule has 0 aromatic heterocycles. The molecule has 1 aliphatic carbocycles. The standard InChI is InChI=1S/C18H14O2/c19-18(20)17(12-13-6-2-1-3-7-13)16-11-10-14-8-4-5-9-15(14)16/h1-9,11-12H,10H2,(H,19,20). The van der Waals surface area contributed by atoms with Gasteiger partial charge in [0.1, 0.15) is 0 Å². The second-order valence-electron chi connectivity index (χ2n) is 4.75. The summed E-state index contributed by atoms with van der Waals surface area (Å²) in [5, 5.41) is 9.51. The Kier molecular flexibility index (Phi) is 3.21. The Morgan fingerprint density at radius 2 is 1.70 bits per heavy atom. The Morgan fingerprint density at radius 1 is 1.00 bits per heavy atom. The molecular formula is C18H14O2. The number of aliphatic carboxylic acids is 1. The summed E-state index contributed by atoms with van der Waals surface area (Å²) in [6.07, 6.45) is 4.52. The van der Waals surface area contributed by atoms with Gasteiger partial charge in [0.25, 0.3) is 0 Å². The van der Waals surface area contributed by atoms with Crippen molar-refractivity contribution in [2.45, 2.75) is 6.42 Å². The van der Waals surface area contributed by atoms with Gasteiger partial charge in [-0.25, -0.2) is 4.79 Å². The molecule has 0 heterocycles. The van der Waals surface area contributed by atoms with Gasteiger partial charge in [-0.05, 0) is 34.8 Å². The van der Waals surface area contributed by atoms with Crippen molar-refractivity contribution in [1.82, 2.24) is 0 Å². The molecule has 0 amide bonds. The van der Waals surface area contributed by atoms with Gasteiger partial charge in [-0.15, -0.1) is 0 Å². The third-order valence-corrected chi connectivity index (χ3v) is 3.46. The third-order valence-electron chi connectivity index (χ3n) is 3.46. The molecule has 0 spiro atoms. The third kappa shape index (κ3) is 2.28.